The van der Waals surface area contributed by atoms with Gasteiger partial charge in [0, 0.05) is 24.4 Å². The molecule has 1 aromatic rings. The molecule has 0 heterocycles. The second kappa shape index (κ2) is 5.97. The summed E-state index contributed by atoms with van der Waals surface area (Å²) >= 11 is 5.74. The van der Waals surface area contributed by atoms with Crippen LogP contribution in [-0.4, -0.2) is 31.3 Å². The first kappa shape index (κ1) is 13.1. The molecule has 0 radical (unpaired) electrons. The predicted octanol–water partition coefficient (Wildman–Crippen LogP) is 2.54. The monoisotopic (exact) mass is 243 g/mol. The van der Waals surface area contributed by atoms with E-state index in [0.717, 1.165) is 0 Å². The number of halogens is 2. The molecule has 4 heteroatoms. The van der Waals surface area contributed by atoms with Crippen LogP contribution in [-0.2, 0) is 11.2 Å². The third kappa shape index (κ3) is 4.29. The van der Waals surface area contributed by atoms with Crippen molar-refractivity contribution in [2.24, 2.45) is 0 Å². The number of ketones is 1. The molecule has 1 aromatic carbocycles. The molecule has 0 fully saturated rings. The second-order valence-corrected chi connectivity index (χ2v) is 4.44. The zero-order chi connectivity index (χ0) is 12.1. The lowest BCUT2D eigenvalue weighted by Gasteiger charge is -2.08. The highest BCUT2D eigenvalue weighted by Gasteiger charge is 2.09. The van der Waals surface area contributed by atoms with Crippen molar-refractivity contribution < 1.29 is 9.18 Å². The lowest BCUT2D eigenvalue weighted by molar-refractivity contribution is -0.118. The fourth-order valence-electron chi connectivity index (χ4n) is 1.33. The molecule has 1 rings (SSSR count). The Labute approximate surface area is 100 Å². The van der Waals surface area contributed by atoms with E-state index in [1.165, 1.54) is 18.2 Å². The standard InChI is InChI=1S/C12H15ClFNO/c1-15(2)6-5-11(16)8-9-7-10(13)3-4-12(9)14/h3-4,7H,5-6,8H2,1-2H3. The van der Waals surface area contributed by atoms with Crippen molar-refractivity contribution in [1.82, 2.24) is 4.90 Å². The molecule has 0 N–H and O–H groups in total. The van der Waals surface area contributed by atoms with E-state index in [2.05, 4.69) is 0 Å². The Morgan fingerprint density at radius 3 is 2.75 bits per heavy atom. The van der Waals surface area contributed by atoms with Gasteiger partial charge in [-0.1, -0.05) is 11.6 Å². The maximum absolute atomic E-state index is 13.3. The molecule has 16 heavy (non-hydrogen) atoms. The molecule has 0 saturated carbocycles. The van der Waals surface area contributed by atoms with Crippen LogP contribution in [0.5, 0.6) is 0 Å². The molecule has 0 aromatic heterocycles. The van der Waals surface area contributed by atoms with Crippen LogP contribution >= 0.6 is 11.6 Å². The zero-order valence-electron chi connectivity index (χ0n) is 9.46. The molecule has 0 spiro atoms. The Kier molecular flexibility index (Phi) is 4.90. The summed E-state index contributed by atoms with van der Waals surface area (Å²) in [5, 5.41) is 0.455. The Bertz CT molecular complexity index is 379. The van der Waals surface area contributed by atoms with Crippen LogP contribution in [0.4, 0.5) is 4.39 Å². The van der Waals surface area contributed by atoms with Gasteiger partial charge in [0.15, 0.2) is 0 Å². The third-order valence-electron chi connectivity index (χ3n) is 2.23. The number of hydrogen-bond donors (Lipinski definition) is 0. The molecular formula is C12H15ClFNO. The molecule has 0 aliphatic rings. The van der Waals surface area contributed by atoms with E-state index in [4.69, 9.17) is 11.6 Å². The molecule has 0 bridgehead atoms. The van der Waals surface area contributed by atoms with E-state index in [1.54, 1.807) is 0 Å². The van der Waals surface area contributed by atoms with Crippen molar-refractivity contribution in [3.8, 4) is 0 Å². The molecule has 2 nitrogen and oxygen atoms in total. The summed E-state index contributed by atoms with van der Waals surface area (Å²) in [6, 6.07) is 4.27. The van der Waals surface area contributed by atoms with Crippen LogP contribution in [0.2, 0.25) is 5.02 Å². The highest BCUT2D eigenvalue weighted by atomic mass is 35.5. The summed E-state index contributed by atoms with van der Waals surface area (Å²) in [4.78, 5) is 13.5. The lowest BCUT2D eigenvalue weighted by atomic mass is 10.1. The van der Waals surface area contributed by atoms with E-state index in [-0.39, 0.29) is 18.0 Å². The fourth-order valence-corrected chi connectivity index (χ4v) is 1.52. The van der Waals surface area contributed by atoms with Crippen LogP contribution in [0.3, 0.4) is 0 Å². The van der Waals surface area contributed by atoms with Crippen molar-refractivity contribution in [1.29, 1.82) is 0 Å². The number of carbonyl (C=O) groups is 1. The van der Waals surface area contributed by atoms with E-state index in [1.807, 2.05) is 19.0 Å². The molecule has 0 aliphatic heterocycles. The number of rotatable bonds is 5. The van der Waals surface area contributed by atoms with Crippen molar-refractivity contribution in [2.45, 2.75) is 12.8 Å². The molecule has 88 valence electrons. The summed E-state index contributed by atoms with van der Waals surface area (Å²) in [5.41, 5.74) is 0.372. The maximum atomic E-state index is 13.3. The van der Waals surface area contributed by atoms with Crippen LogP contribution in [0, 0.1) is 5.82 Å². The Morgan fingerprint density at radius 1 is 1.44 bits per heavy atom. The van der Waals surface area contributed by atoms with E-state index in [9.17, 15) is 9.18 Å². The first-order valence-electron chi connectivity index (χ1n) is 5.09. The van der Waals surface area contributed by atoms with Gasteiger partial charge in [-0.15, -0.1) is 0 Å². The van der Waals surface area contributed by atoms with Crippen LogP contribution in [0.15, 0.2) is 18.2 Å². The minimum atomic E-state index is -0.373. The van der Waals surface area contributed by atoms with E-state index >= 15 is 0 Å². The summed E-state index contributed by atoms with van der Waals surface area (Å²) in [6.45, 7) is 0.682. The van der Waals surface area contributed by atoms with E-state index in [0.29, 0.717) is 23.6 Å². The van der Waals surface area contributed by atoms with Gasteiger partial charge < -0.3 is 4.90 Å². The summed E-state index contributed by atoms with van der Waals surface area (Å²) in [5.74, 6) is -0.350. The van der Waals surface area contributed by atoms with E-state index < -0.39 is 0 Å². The number of benzene rings is 1. The number of hydrogen-bond acceptors (Lipinski definition) is 2. The largest absolute Gasteiger partial charge is 0.309 e. The van der Waals surface area contributed by atoms with Crippen molar-refractivity contribution in [2.75, 3.05) is 20.6 Å². The highest BCUT2D eigenvalue weighted by Crippen LogP contribution is 2.15. The minimum absolute atomic E-state index is 0.0230. The number of carbonyl (C=O) groups excluding carboxylic acids is 1. The van der Waals surface area contributed by atoms with Gasteiger partial charge in [0.1, 0.15) is 11.6 Å². The maximum Gasteiger partial charge on any atom is 0.138 e. The minimum Gasteiger partial charge on any atom is -0.309 e. The quantitative estimate of drug-likeness (QED) is 0.792. The van der Waals surface area contributed by atoms with Gasteiger partial charge in [-0.05, 0) is 37.9 Å². The lowest BCUT2D eigenvalue weighted by Crippen LogP contribution is -2.17. The normalized spacial score (nSPS) is 10.8. The van der Waals surface area contributed by atoms with Crippen LogP contribution in [0.1, 0.15) is 12.0 Å². The molecule has 0 unspecified atom stereocenters. The SMILES string of the molecule is CN(C)CCC(=O)Cc1cc(Cl)ccc1F. The fraction of sp³-hybridized carbons (Fsp3) is 0.417. The van der Waals surface area contributed by atoms with Gasteiger partial charge >= 0.3 is 0 Å². The van der Waals surface area contributed by atoms with Gasteiger partial charge in [-0.3, -0.25) is 4.79 Å². The smallest absolute Gasteiger partial charge is 0.138 e. The van der Waals surface area contributed by atoms with Gasteiger partial charge in [0.05, 0.1) is 0 Å². The Balaban J connectivity index is 2.59. The third-order valence-corrected chi connectivity index (χ3v) is 2.47. The zero-order valence-corrected chi connectivity index (χ0v) is 10.2. The summed E-state index contributed by atoms with van der Waals surface area (Å²) < 4.78 is 13.3. The first-order chi connectivity index (χ1) is 7.49. The average Bonchev–Trinajstić information content (AvgIpc) is 2.20. The first-order valence-corrected chi connectivity index (χ1v) is 5.47. The van der Waals surface area contributed by atoms with Gasteiger partial charge in [0.25, 0.3) is 0 Å². The number of Topliss-reactive ketones (excluding diaryl/α,β-unsaturated/α-hetero) is 1. The summed E-state index contributed by atoms with van der Waals surface area (Å²) in [6.07, 6.45) is 0.541. The van der Waals surface area contributed by atoms with Crippen molar-refractivity contribution in [3.63, 3.8) is 0 Å². The van der Waals surface area contributed by atoms with Gasteiger partial charge in [-0.2, -0.15) is 0 Å². The average molecular weight is 244 g/mol. The topological polar surface area (TPSA) is 20.3 Å². The van der Waals surface area contributed by atoms with Crippen LogP contribution < -0.4 is 0 Å². The molecular weight excluding hydrogens is 229 g/mol. The molecule has 0 atom stereocenters. The molecule has 0 amide bonds. The van der Waals surface area contributed by atoms with Gasteiger partial charge in [-0.25, -0.2) is 4.39 Å². The predicted molar refractivity (Wildman–Crippen MR) is 63.3 cm³/mol. The van der Waals surface area contributed by atoms with Crippen molar-refractivity contribution in [3.05, 3.63) is 34.6 Å². The Morgan fingerprint density at radius 2 is 2.12 bits per heavy atom. The van der Waals surface area contributed by atoms with Crippen molar-refractivity contribution >= 4 is 17.4 Å². The molecule has 0 aliphatic carbocycles. The highest BCUT2D eigenvalue weighted by molar-refractivity contribution is 6.30. The van der Waals surface area contributed by atoms with Crippen LogP contribution in [0.25, 0.3) is 0 Å². The second-order valence-electron chi connectivity index (χ2n) is 4.00. The van der Waals surface area contributed by atoms with Gasteiger partial charge in [0.2, 0.25) is 0 Å². The molecule has 0 saturated heterocycles. The Hall–Kier alpha value is -0.930. The summed E-state index contributed by atoms with van der Waals surface area (Å²) in [7, 11) is 3.79. The number of nitrogens with zero attached hydrogens (tertiary/aromatic N) is 1.